The minimum atomic E-state index is -4.43. The van der Waals surface area contributed by atoms with E-state index in [9.17, 15) is 30.7 Å². The van der Waals surface area contributed by atoms with Crippen molar-refractivity contribution in [2.75, 3.05) is 25.0 Å². The monoisotopic (exact) mass is 421 g/mol. The molecule has 1 aromatic heterocycles. The normalized spacial score (nSPS) is 16.0. The highest BCUT2D eigenvalue weighted by Gasteiger charge is 2.32. The molecule has 0 aliphatic carbocycles. The second-order valence-electron chi connectivity index (χ2n) is 7.00. The number of alkyl halides is 3. The Labute approximate surface area is 162 Å². The van der Waals surface area contributed by atoms with Gasteiger partial charge in [0.05, 0.1) is 5.56 Å². The summed E-state index contributed by atoms with van der Waals surface area (Å²) < 4.78 is 93.0. The van der Waals surface area contributed by atoms with Gasteiger partial charge in [-0.3, -0.25) is 4.90 Å². The molecule has 0 spiro atoms. The fraction of sp³-hybridized carbons (Fsp3) is 0.421. The number of pyridine rings is 1. The number of nitrogens with zero attached hydrogens (tertiary/aromatic N) is 3. The number of anilines is 1. The molecule has 2 heterocycles. The van der Waals surface area contributed by atoms with Gasteiger partial charge >= 0.3 is 6.18 Å². The first-order chi connectivity index (χ1) is 13.6. The van der Waals surface area contributed by atoms with Crippen molar-refractivity contribution in [1.82, 2.24) is 9.88 Å². The third-order valence-electron chi connectivity index (χ3n) is 5.06. The van der Waals surface area contributed by atoms with E-state index in [1.807, 2.05) is 4.90 Å². The summed E-state index contributed by atoms with van der Waals surface area (Å²) in [7, 11) is 1.74. The van der Waals surface area contributed by atoms with Crippen LogP contribution >= 0.6 is 0 Å². The molecule has 0 atom stereocenters. The molecule has 1 saturated heterocycles. The topological polar surface area (TPSA) is 19.4 Å². The molecule has 3 rings (SSSR count). The lowest BCUT2D eigenvalue weighted by atomic mass is 10.0. The highest BCUT2D eigenvalue weighted by atomic mass is 19.4. The number of piperidine rings is 1. The van der Waals surface area contributed by atoms with Crippen LogP contribution in [-0.4, -0.2) is 36.1 Å². The van der Waals surface area contributed by atoms with Gasteiger partial charge in [-0.15, -0.1) is 0 Å². The summed E-state index contributed by atoms with van der Waals surface area (Å²) >= 11 is 0. The van der Waals surface area contributed by atoms with E-state index in [0.717, 1.165) is 12.1 Å². The molecule has 10 heteroatoms. The van der Waals surface area contributed by atoms with Gasteiger partial charge in [0.1, 0.15) is 5.69 Å². The fourth-order valence-corrected chi connectivity index (χ4v) is 3.55. The molecule has 0 amide bonds. The number of benzene rings is 1. The molecular weight excluding hydrogens is 403 g/mol. The van der Waals surface area contributed by atoms with Gasteiger partial charge in [0.15, 0.2) is 0 Å². The van der Waals surface area contributed by atoms with Crippen molar-refractivity contribution in [3.63, 3.8) is 0 Å². The van der Waals surface area contributed by atoms with Crippen molar-refractivity contribution in [3.8, 4) is 0 Å². The van der Waals surface area contributed by atoms with Gasteiger partial charge in [-0.05, 0) is 31.5 Å². The highest BCUT2D eigenvalue weighted by Crippen LogP contribution is 2.31. The van der Waals surface area contributed by atoms with Crippen molar-refractivity contribution >= 4 is 5.69 Å². The molecule has 1 fully saturated rings. The second-order valence-corrected chi connectivity index (χ2v) is 7.00. The summed E-state index contributed by atoms with van der Waals surface area (Å²) in [5, 5.41) is 0. The van der Waals surface area contributed by atoms with E-state index in [0.29, 0.717) is 18.4 Å². The summed E-state index contributed by atoms with van der Waals surface area (Å²) in [5.41, 5.74) is -1.03. The van der Waals surface area contributed by atoms with Crippen LogP contribution < -0.4 is 4.90 Å². The van der Waals surface area contributed by atoms with E-state index in [2.05, 4.69) is 4.98 Å². The Hall–Kier alpha value is -2.36. The van der Waals surface area contributed by atoms with Crippen molar-refractivity contribution in [1.29, 1.82) is 0 Å². The van der Waals surface area contributed by atoms with Crippen molar-refractivity contribution < 1.29 is 30.7 Å². The van der Waals surface area contributed by atoms with Gasteiger partial charge in [0, 0.05) is 25.7 Å². The summed E-state index contributed by atoms with van der Waals surface area (Å²) in [5.74, 6) is -6.50. The van der Waals surface area contributed by atoms with E-state index in [1.165, 1.54) is 11.0 Å². The van der Waals surface area contributed by atoms with Gasteiger partial charge in [0.2, 0.25) is 11.6 Å². The number of hydrogen-bond acceptors (Lipinski definition) is 3. The Morgan fingerprint density at radius 3 is 2.17 bits per heavy atom. The molecule has 1 aliphatic rings. The van der Waals surface area contributed by atoms with Crippen LogP contribution in [-0.2, 0) is 12.7 Å². The maximum Gasteiger partial charge on any atom is 0.416 e. The first-order valence-corrected chi connectivity index (χ1v) is 8.89. The van der Waals surface area contributed by atoms with E-state index >= 15 is 0 Å². The molecular formula is C19H18F7N3. The molecule has 158 valence electrons. The highest BCUT2D eigenvalue weighted by molar-refractivity contribution is 5.49. The molecule has 0 N–H and O–H groups in total. The zero-order valence-corrected chi connectivity index (χ0v) is 15.4. The van der Waals surface area contributed by atoms with Crippen LogP contribution in [0.15, 0.2) is 24.3 Å². The van der Waals surface area contributed by atoms with Crippen molar-refractivity contribution in [2.45, 2.75) is 31.6 Å². The van der Waals surface area contributed by atoms with Crippen molar-refractivity contribution in [3.05, 3.63) is 58.9 Å². The Balaban J connectivity index is 1.66. The van der Waals surface area contributed by atoms with Crippen LogP contribution in [0.4, 0.5) is 36.4 Å². The average molecular weight is 421 g/mol. The first-order valence-electron chi connectivity index (χ1n) is 8.89. The number of aromatic nitrogens is 1. The van der Waals surface area contributed by atoms with Gasteiger partial charge in [-0.1, -0.05) is 18.2 Å². The summed E-state index contributed by atoms with van der Waals surface area (Å²) in [6.45, 7) is 0.526. The average Bonchev–Trinajstić information content (AvgIpc) is 2.67. The van der Waals surface area contributed by atoms with Crippen LogP contribution in [0.5, 0.6) is 0 Å². The number of rotatable bonds is 4. The lowest BCUT2D eigenvalue weighted by Crippen LogP contribution is -2.44. The van der Waals surface area contributed by atoms with Gasteiger partial charge in [-0.2, -0.15) is 35.7 Å². The molecule has 29 heavy (non-hydrogen) atoms. The van der Waals surface area contributed by atoms with E-state index in [1.54, 1.807) is 13.1 Å². The number of halogens is 7. The van der Waals surface area contributed by atoms with E-state index in [-0.39, 0.29) is 25.7 Å². The summed E-state index contributed by atoms with van der Waals surface area (Å²) in [6, 6.07) is 4.95. The van der Waals surface area contributed by atoms with Crippen LogP contribution in [0.25, 0.3) is 0 Å². The molecule has 0 saturated carbocycles. The van der Waals surface area contributed by atoms with E-state index < -0.39 is 41.0 Å². The van der Waals surface area contributed by atoms with E-state index in [4.69, 9.17) is 0 Å². The molecule has 0 bridgehead atoms. The smallest absolute Gasteiger partial charge is 0.366 e. The maximum absolute atomic E-state index is 13.9. The second kappa shape index (κ2) is 8.17. The predicted molar refractivity (Wildman–Crippen MR) is 92.2 cm³/mol. The standard InChI is InChI=1S/C19H18F7N3/c1-28(10-11-3-2-4-12(9-11)19(24,25)26)13-5-7-29(8-6-13)16-14(20)17(22)27-18(23)15(16)21/h2-4,9,13H,5-8,10H2,1H3. The van der Waals surface area contributed by atoms with Gasteiger partial charge in [0.25, 0.3) is 11.9 Å². The lowest BCUT2D eigenvalue weighted by Gasteiger charge is -2.38. The Bertz CT molecular complexity index is 851. The van der Waals surface area contributed by atoms with Crippen LogP contribution in [0.1, 0.15) is 24.0 Å². The van der Waals surface area contributed by atoms with Crippen LogP contribution in [0, 0.1) is 23.5 Å². The van der Waals surface area contributed by atoms with Crippen molar-refractivity contribution in [2.24, 2.45) is 0 Å². The Morgan fingerprint density at radius 2 is 1.62 bits per heavy atom. The SMILES string of the molecule is CN(Cc1cccc(C(F)(F)F)c1)C1CCN(c2c(F)c(F)nc(F)c2F)CC1. The Morgan fingerprint density at radius 1 is 1.03 bits per heavy atom. The zero-order valence-electron chi connectivity index (χ0n) is 15.4. The first kappa shape index (κ1) is 21.4. The largest absolute Gasteiger partial charge is 0.416 e. The number of hydrogen-bond donors (Lipinski definition) is 0. The summed E-state index contributed by atoms with van der Waals surface area (Å²) in [4.78, 5) is 5.61. The summed E-state index contributed by atoms with van der Waals surface area (Å²) in [6.07, 6.45) is -3.59. The Kier molecular flexibility index (Phi) is 6.02. The molecule has 2 aromatic rings. The fourth-order valence-electron chi connectivity index (χ4n) is 3.55. The molecule has 0 radical (unpaired) electrons. The minimum absolute atomic E-state index is 0.0663. The van der Waals surface area contributed by atoms with Crippen LogP contribution in [0.3, 0.4) is 0 Å². The maximum atomic E-state index is 13.9. The molecule has 3 nitrogen and oxygen atoms in total. The van der Waals surface area contributed by atoms with Gasteiger partial charge in [-0.25, -0.2) is 0 Å². The lowest BCUT2D eigenvalue weighted by molar-refractivity contribution is -0.137. The van der Waals surface area contributed by atoms with Crippen LogP contribution in [0.2, 0.25) is 0 Å². The minimum Gasteiger partial charge on any atom is -0.366 e. The third-order valence-corrected chi connectivity index (χ3v) is 5.06. The van der Waals surface area contributed by atoms with Gasteiger partial charge < -0.3 is 4.90 Å². The molecule has 1 aliphatic heterocycles. The zero-order chi connectivity index (χ0) is 21.3. The molecule has 0 unspecified atom stereocenters. The molecule has 1 aromatic carbocycles. The quantitative estimate of drug-likeness (QED) is 0.524. The predicted octanol–water partition coefficient (Wildman–Crippen LogP) is 4.76. The third kappa shape index (κ3) is 4.63.